The first-order valence-corrected chi connectivity index (χ1v) is 30.7. The van der Waals surface area contributed by atoms with Gasteiger partial charge in [0, 0.05) is 22.6 Å². The Hall–Kier alpha value is -9.13. The van der Waals surface area contributed by atoms with Crippen LogP contribution in [0, 0.1) is 0 Å². The van der Waals surface area contributed by atoms with Crippen LogP contribution in [0.15, 0.2) is 309 Å². The Morgan fingerprint density at radius 1 is 0.299 bits per heavy atom. The standard InChI is InChI=1S/C74H53NSi2/c1-7-25-52(26-8-1)53-45-47-59(48-46-53)77(57-33-15-5-16-34-57,58-35-17-6-18-36-58)70-44-24-41-65-71-62-38-19-20-39-63(62)74(73(65)70)72-64(71)40-23-43-69(72)75-67-42-22-21-37-61(67)66-51-60(49-50-68(66)75)76(54-27-9-2-10-28-54,55-29-11-3-12-30-55)56-31-13-4-14-32-56/h1-51,71,74H/i1D,7D,8D,25D,26D. The zero-order valence-corrected chi connectivity index (χ0v) is 44.2. The van der Waals surface area contributed by atoms with E-state index >= 15 is 0 Å². The minimum absolute atomic E-state index is 0.0373. The molecule has 1 aromatic heterocycles. The normalized spacial score (nSPS) is 15.4. The molecule has 3 aliphatic rings. The van der Waals surface area contributed by atoms with Crippen molar-refractivity contribution in [3.05, 3.63) is 343 Å². The summed E-state index contributed by atoms with van der Waals surface area (Å²) in [6.45, 7) is 0. The van der Waals surface area contributed by atoms with Crippen molar-refractivity contribution in [1.29, 1.82) is 0 Å². The Labute approximate surface area is 459 Å². The van der Waals surface area contributed by atoms with Crippen molar-refractivity contribution in [2.45, 2.75) is 11.8 Å². The Balaban J connectivity index is 0.992. The van der Waals surface area contributed by atoms with Gasteiger partial charge >= 0.3 is 0 Å². The van der Waals surface area contributed by atoms with Gasteiger partial charge in [0.2, 0.25) is 0 Å². The first-order valence-electron chi connectivity index (χ1n) is 29.2. The molecular weight excluding hydrogens is 959 g/mol. The summed E-state index contributed by atoms with van der Waals surface area (Å²) >= 11 is 0. The van der Waals surface area contributed by atoms with Crippen molar-refractivity contribution in [3.8, 4) is 16.8 Å². The SMILES string of the molecule is [2H]c1c([2H])c([2H])c(-c2ccc([Si](c3ccccc3)(c3ccccc3)c3cccc4c3C3c5ccccc5C4c4cccc(-n5c6ccccc6c6cc([Si](c7ccccc7)(c7ccccc7)c7ccccc7)ccc65)c43)cc2)c([2H])c1[2H]. The number of hydrogen-bond acceptors (Lipinski definition) is 0. The van der Waals surface area contributed by atoms with Crippen LogP contribution in [0.3, 0.4) is 0 Å². The number of fused-ring (bicyclic) bond motifs is 3. The summed E-state index contributed by atoms with van der Waals surface area (Å²) in [6.07, 6.45) is 0. The van der Waals surface area contributed by atoms with Gasteiger partial charge in [-0.2, -0.15) is 0 Å². The maximum absolute atomic E-state index is 8.95. The van der Waals surface area contributed by atoms with Crippen molar-refractivity contribution < 1.29 is 6.85 Å². The van der Waals surface area contributed by atoms with E-state index in [1.807, 2.05) is 12.1 Å². The average molecular weight is 1020 g/mol. The van der Waals surface area contributed by atoms with E-state index in [1.165, 1.54) is 86.1 Å². The van der Waals surface area contributed by atoms with E-state index in [4.69, 9.17) is 6.85 Å². The average Bonchev–Trinajstić information content (AvgIpc) is 1.16. The van der Waals surface area contributed by atoms with Crippen molar-refractivity contribution in [2.75, 3.05) is 0 Å². The monoisotopic (exact) mass is 1020 g/mol. The summed E-state index contributed by atoms with van der Waals surface area (Å²) in [5.41, 5.74) is 12.2. The summed E-state index contributed by atoms with van der Waals surface area (Å²) in [4.78, 5) is 0. The summed E-state index contributed by atoms with van der Waals surface area (Å²) in [5.74, 6) is -0.183. The second-order valence-electron chi connectivity index (χ2n) is 20.6. The van der Waals surface area contributed by atoms with Gasteiger partial charge in [0.15, 0.2) is 16.1 Å². The first kappa shape index (κ1) is 40.2. The zero-order chi connectivity index (χ0) is 55.3. The fourth-order valence-electron chi connectivity index (χ4n) is 14.0. The molecule has 0 spiro atoms. The second kappa shape index (κ2) is 18.3. The number of benzene rings is 12. The molecule has 77 heavy (non-hydrogen) atoms. The Morgan fingerprint density at radius 3 is 1.32 bits per heavy atom. The third-order valence-corrected chi connectivity index (χ3v) is 26.6. The topological polar surface area (TPSA) is 4.93 Å². The molecule has 0 aliphatic heterocycles. The maximum atomic E-state index is 8.95. The molecule has 13 aromatic rings. The molecule has 16 rings (SSSR count). The number of para-hydroxylation sites is 1. The molecule has 2 unspecified atom stereocenters. The predicted molar refractivity (Wildman–Crippen MR) is 328 cm³/mol. The lowest BCUT2D eigenvalue weighted by molar-refractivity contribution is 0.752. The summed E-state index contributed by atoms with van der Waals surface area (Å²) in [5, 5.41) is 12.7. The van der Waals surface area contributed by atoms with E-state index in [0.717, 1.165) is 16.2 Å². The molecule has 1 nitrogen and oxygen atoms in total. The molecular formula is C74H53NSi2. The lowest BCUT2D eigenvalue weighted by atomic mass is 9.60. The molecule has 3 heteroatoms. The molecule has 3 aliphatic carbocycles. The van der Waals surface area contributed by atoms with Crippen LogP contribution in [0.5, 0.6) is 0 Å². The van der Waals surface area contributed by atoms with Crippen LogP contribution in [0.2, 0.25) is 0 Å². The molecule has 0 amide bonds. The summed E-state index contributed by atoms with van der Waals surface area (Å²) < 4.78 is 45.9. The number of nitrogens with zero attached hydrogens (tertiary/aromatic N) is 1. The molecule has 12 aromatic carbocycles. The van der Waals surface area contributed by atoms with Gasteiger partial charge in [-0.25, -0.2) is 0 Å². The molecule has 0 fully saturated rings. The van der Waals surface area contributed by atoms with Gasteiger partial charge in [-0.3, -0.25) is 0 Å². The lowest BCUT2D eigenvalue weighted by Crippen LogP contribution is -2.75. The molecule has 0 radical (unpaired) electrons. The van der Waals surface area contributed by atoms with Crippen LogP contribution in [0.4, 0.5) is 0 Å². The summed E-state index contributed by atoms with van der Waals surface area (Å²) in [6, 6.07) is 102. The van der Waals surface area contributed by atoms with Crippen LogP contribution < -0.4 is 41.5 Å². The van der Waals surface area contributed by atoms with Gasteiger partial charge in [-0.15, -0.1) is 0 Å². The highest BCUT2D eigenvalue weighted by atomic mass is 28.3. The van der Waals surface area contributed by atoms with Crippen molar-refractivity contribution >= 4 is 79.4 Å². The quantitative estimate of drug-likeness (QED) is 0.0950. The number of aromatic nitrogens is 1. The van der Waals surface area contributed by atoms with Crippen LogP contribution in [-0.4, -0.2) is 20.7 Å². The third-order valence-electron chi connectivity index (χ3n) is 17.0. The van der Waals surface area contributed by atoms with E-state index < -0.39 is 22.2 Å². The van der Waals surface area contributed by atoms with E-state index in [0.29, 0.717) is 5.56 Å². The van der Waals surface area contributed by atoms with E-state index in [9.17, 15) is 0 Å². The highest BCUT2D eigenvalue weighted by Gasteiger charge is 2.50. The van der Waals surface area contributed by atoms with Gasteiger partial charge < -0.3 is 4.57 Å². The molecule has 0 saturated carbocycles. The van der Waals surface area contributed by atoms with Crippen LogP contribution in [0.25, 0.3) is 38.6 Å². The third kappa shape index (κ3) is 6.77. The van der Waals surface area contributed by atoms with Crippen LogP contribution in [0.1, 0.15) is 52.1 Å². The van der Waals surface area contributed by atoms with Gasteiger partial charge in [0.1, 0.15) is 0 Å². The maximum Gasteiger partial charge on any atom is 0.179 e. The molecule has 1 heterocycles. The number of hydrogen-bond donors (Lipinski definition) is 0. The highest BCUT2D eigenvalue weighted by Crippen LogP contribution is 2.57. The Morgan fingerprint density at radius 2 is 0.740 bits per heavy atom. The van der Waals surface area contributed by atoms with Crippen molar-refractivity contribution in [1.82, 2.24) is 4.57 Å². The first-order chi connectivity index (χ1) is 40.3. The smallest absolute Gasteiger partial charge is 0.179 e. The van der Waals surface area contributed by atoms with Gasteiger partial charge in [-0.1, -0.05) is 291 Å². The minimum Gasteiger partial charge on any atom is -0.309 e. The molecule has 2 atom stereocenters. The number of rotatable bonds is 10. The fourth-order valence-corrected chi connectivity index (χ4v) is 23.8. The van der Waals surface area contributed by atoms with Crippen LogP contribution >= 0.6 is 0 Å². The van der Waals surface area contributed by atoms with E-state index in [2.05, 4.69) is 271 Å². The van der Waals surface area contributed by atoms with Crippen LogP contribution in [-0.2, 0) is 0 Å². The second-order valence-corrected chi connectivity index (χ2v) is 28.2. The lowest BCUT2D eigenvalue weighted by Gasteiger charge is -2.47. The zero-order valence-electron chi connectivity index (χ0n) is 47.2. The van der Waals surface area contributed by atoms with Gasteiger partial charge in [-0.05, 0) is 104 Å². The Bertz CT molecular complexity index is 4460. The minimum atomic E-state index is -3.32. The van der Waals surface area contributed by atoms with E-state index in [1.54, 1.807) is 0 Å². The summed E-state index contributed by atoms with van der Waals surface area (Å²) in [7, 11) is -6.19. The van der Waals surface area contributed by atoms with Gasteiger partial charge in [0.05, 0.1) is 23.6 Å². The fraction of sp³-hybridized carbons (Fsp3) is 0.0270. The highest BCUT2D eigenvalue weighted by molar-refractivity contribution is 7.20. The molecule has 0 saturated heterocycles. The van der Waals surface area contributed by atoms with Crippen molar-refractivity contribution in [3.63, 3.8) is 0 Å². The predicted octanol–water partition coefficient (Wildman–Crippen LogP) is 12.2. The van der Waals surface area contributed by atoms with E-state index in [-0.39, 0.29) is 41.6 Å². The molecule has 362 valence electrons. The Kier molecular flexibility index (Phi) is 9.57. The van der Waals surface area contributed by atoms with Gasteiger partial charge in [0.25, 0.3) is 0 Å². The largest absolute Gasteiger partial charge is 0.309 e. The molecule has 0 N–H and O–H groups in total. The van der Waals surface area contributed by atoms with Crippen molar-refractivity contribution in [2.24, 2.45) is 0 Å². The molecule has 2 bridgehead atoms.